The first kappa shape index (κ1) is 14.4. The van der Waals surface area contributed by atoms with Gasteiger partial charge in [0.25, 0.3) is 0 Å². The summed E-state index contributed by atoms with van der Waals surface area (Å²) in [5.41, 5.74) is 7.02. The van der Waals surface area contributed by atoms with E-state index in [0.717, 1.165) is 6.42 Å². The van der Waals surface area contributed by atoms with E-state index in [9.17, 15) is 9.59 Å². The van der Waals surface area contributed by atoms with E-state index in [4.69, 9.17) is 5.73 Å². The van der Waals surface area contributed by atoms with Gasteiger partial charge >= 0.3 is 0 Å². The van der Waals surface area contributed by atoms with Gasteiger partial charge < -0.3 is 11.1 Å². The third-order valence-corrected chi connectivity index (χ3v) is 3.10. The molecule has 4 nitrogen and oxygen atoms in total. The zero-order chi connectivity index (χ0) is 13.7. The van der Waals surface area contributed by atoms with Crippen LogP contribution >= 0.6 is 0 Å². The van der Waals surface area contributed by atoms with Gasteiger partial charge in [0.1, 0.15) is 0 Å². The Morgan fingerprint density at radius 2 is 2.06 bits per heavy atom. The summed E-state index contributed by atoms with van der Waals surface area (Å²) in [6.07, 6.45) is 0.849. The van der Waals surface area contributed by atoms with Crippen LogP contribution in [0.4, 0.5) is 5.69 Å². The molecule has 3 N–H and O–H groups in total. The quantitative estimate of drug-likeness (QED) is 0.785. The maximum atomic E-state index is 11.9. The van der Waals surface area contributed by atoms with Crippen molar-refractivity contribution in [2.75, 3.05) is 5.32 Å². The first-order valence-corrected chi connectivity index (χ1v) is 6.13. The predicted octanol–water partition coefficient (Wildman–Crippen LogP) is 2.20. The Kier molecular flexibility index (Phi) is 5.04. The lowest BCUT2D eigenvalue weighted by molar-refractivity contribution is -0.118. The second-order valence-corrected chi connectivity index (χ2v) is 4.54. The van der Waals surface area contributed by atoms with Crippen LogP contribution in [0.5, 0.6) is 0 Å². The summed E-state index contributed by atoms with van der Waals surface area (Å²) in [4.78, 5) is 23.1. The van der Waals surface area contributed by atoms with Crippen LogP contribution in [0.1, 0.15) is 37.6 Å². The molecule has 0 aromatic heterocycles. The Hall–Kier alpha value is -1.68. The Balaban J connectivity index is 2.76. The molecule has 0 radical (unpaired) electrons. The number of rotatable bonds is 5. The Bertz CT molecular complexity index is 443. The van der Waals surface area contributed by atoms with Crippen LogP contribution < -0.4 is 11.1 Å². The van der Waals surface area contributed by atoms with E-state index < -0.39 is 6.04 Å². The fourth-order valence-electron chi connectivity index (χ4n) is 1.55. The van der Waals surface area contributed by atoms with Gasteiger partial charge in [0.2, 0.25) is 5.91 Å². The van der Waals surface area contributed by atoms with E-state index in [-0.39, 0.29) is 17.6 Å². The molecule has 0 saturated carbocycles. The highest BCUT2D eigenvalue weighted by molar-refractivity contribution is 5.98. The van der Waals surface area contributed by atoms with Crippen LogP contribution in [-0.2, 0) is 4.79 Å². The molecule has 0 bridgehead atoms. The van der Waals surface area contributed by atoms with E-state index in [1.165, 1.54) is 6.92 Å². The lowest BCUT2D eigenvalue weighted by Crippen LogP contribution is -2.40. The molecule has 1 aromatic rings. The van der Waals surface area contributed by atoms with Crippen molar-refractivity contribution in [1.29, 1.82) is 0 Å². The van der Waals surface area contributed by atoms with Crippen molar-refractivity contribution >= 4 is 17.4 Å². The first-order chi connectivity index (χ1) is 8.45. The van der Waals surface area contributed by atoms with Gasteiger partial charge in [-0.1, -0.05) is 32.4 Å². The standard InChI is InChI=1S/C14H20N2O2/c1-4-9(2)13(15)14(18)16-12-7-5-6-11(8-12)10(3)17/h5-9,13H,4,15H2,1-3H3,(H,16,18)/t9-,13-/m0/s1. The van der Waals surface area contributed by atoms with Crippen molar-refractivity contribution in [3.63, 3.8) is 0 Å². The molecule has 0 unspecified atom stereocenters. The molecule has 0 spiro atoms. The molecule has 0 saturated heterocycles. The summed E-state index contributed by atoms with van der Waals surface area (Å²) >= 11 is 0. The van der Waals surface area contributed by atoms with E-state index in [2.05, 4.69) is 5.32 Å². The molecule has 0 aliphatic rings. The minimum absolute atomic E-state index is 0.0303. The van der Waals surface area contributed by atoms with Gasteiger partial charge in [-0.15, -0.1) is 0 Å². The monoisotopic (exact) mass is 248 g/mol. The number of Topliss-reactive ketones (excluding diaryl/α,β-unsaturated/α-hetero) is 1. The topological polar surface area (TPSA) is 72.2 Å². The SMILES string of the molecule is CC[C@H](C)[C@H](N)C(=O)Nc1cccc(C(C)=O)c1. The number of nitrogens with two attached hydrogens (primary N) is 1. The van der Waals surface area contributed by atoms with Crippen LogP contribution in [0.15, 0.2) is 24.3 Å². The molecule has 0 heterocycles. The van der Waals surface area contributed by atoms with Gasteiger partial charge in [-0.3, -0.25) is 9.59 Å². The van der Waals surface area contributed by atoms with Crippen LogP contribution in [0.25, 0.3) is 0 Å². The molecule has 18 heavy (non-hydrogen) atoms. The molecule has 98 valence electrons. The Labute approximate surface area is 108 Å². The van der Waals surface area contributed by atoms with Crippen LogP contribution in [0.2, 0.25) is 0 Å². The summed E-state index contributed by atoms with van der Waals surface area (Å²) in [6.45, 7) is 5.43. The number of amides is 1. The third-order valence-electron chi connectivity index (χ3n) is 3.10. The van der Waals surface area contributed by atoms with E-state index in [1.807, 2.05) is 13.8 Å². The zero-order valence-corrected chi connectivity index (χ0v) is 11.1. The Morgan fingerprint density at radius 3 is 2.61 bits per heavy atom. The molecule has 1 rings (SSSR count). The fourth-order valence-corrected chi connectivity index (χ4v) is 1.55. The van der Waals surface area contributed by atoms with E-state index in [0.29, 0.717) is 11.3 Å². The predicted molar refractivity (Wildman–Crippen MR) is 72.5 cm³/mol. The summed E-state index contributed by atoms with van der Waals surface area (Å²) in [6, 6.07) is 6.32. The summed E-state index contributed by atoms with van der Waals surface area (Å²) in [7, 11) is 0. The molecule has 1 aromatic carbocycles. The van der Waals surface area contributed by atoms with Crippen molar-refractivity contribution in [3.8, 4) is 0 Å². The maximum Gasteiger partial charge on any atom is 0.241 e. The second kappa shape index (κ2) is 6.31. The van der Waals surface area contributed by atoms with E-state index in [1.54, 1.807) is 24.3 Å². The Morgan fingerprint density at radius 1 is 1.39 bits per heavy atom. The van der Waals surface area contributed by atoms with E-state index >= 15 is 0 Å². The average Bonchev–Trinajstić information content (AvgIpc) is 2.37. The zero-order valence-electron chi connectivity index (χ0n) is 11.1. The summed E-state index contributed by atoms with van der Waals surface area (Å²) < 4.78 is 0. The third kappa shape index (κ3) is 3.67. The molecule has 0 aliphatic carbocycles. The molecular formula is C14H20N2O2. The molecule has 4 heteroatoms. The van der Waals surface area contributed by atoms with Crippen molar-refractivity contribution in [2.45, 2.75) is 33.2 Å². The van der Waals surface area contributed by atoms with Crippen LogP contribution in [0.3, 0.4) is 0 Å². The van der Waals surface area contributed by atoms with Crippen molar-refractivity contribution in [1.82, 2.24) is 0 Å². The molecule has 2 atom stereocenters. The molecule has 0 aliphatic heterocycles. The normalized spacial score (nSPS) is 13.8. The van der Waals surface area contributed by atoms with Crippen LogP contribution in [-0.4, -0.2) is 17.7 Å². The first-order valence-electron chi connectivity index (χ1n) is 6.13. The van der Waals surface area contributed by atoms with Gasteiger partial charge in [0.05, 0.1) is 6.04 Å². The molecular weight excluding hydrogens is 228 g/mol. The molecule has 0 fully saturated rings. The van der Waals surface area contributed by atoms with Crippen molar-refractivity contribution in [3.05, 3.63) is 29.8 Å². The van der Waals surface area contributed by atoms with Gasteiger partial charge in [-0.05, 0) is 25.0 Å². The van der Waals surface area contributed by atoms with Crippen LogP contribution in [0, 0.1) is 5.92 Å². The molecule has 1 amide bonds. The van der Waals surface area contributed by atoms with Gasteiger partial charge in [0, 0.05) is 11.3 Å². The number of carbonyl (C=O) groups excluding carboxylic acids is 2. The number of anilines is 1. The van der Waals surface area contributed by atoms with Crippen molar-refractivity contribution < 1.29 is 9.59 Å². The highest BCUT2D eigenvalue weighted by Gasteiger charge is 2.19. The van der Waals surface area contributed by atoms with Gasteiger partial charge in [0.15, 0.2) is 5.78 Å². The lowest BCUT2D eigenvalue weighted by Gasteiger charge is -2.17. The van der Waals surface area contributed by atoms with Crippen molar-refractivity contribution in [2.24, 2.45) is 11.7 Å². The maximum absolute atomic E-state index is 11.9. The average molecular weight is 248 g/mol. The minimum Gasteiger partial charge on any atom is -0.325 e. The second-order valence-electron chi connectivity index (χ2n) is 4.54. The summed E-state index contributed by atoms with van der Waals surface area (Å²) in [5, 5.41) is 2.74. The number of benzene rings is 1. The number of carbonyl (C=O) groups is 2. The number of nitrogens with one attached hydrogen (secondary N) is 1. The van der Waals surface area contributed by atoms with Gasteiger partial charge in [-0.2, -0.15) is 0 Å². The highest BCUT2D eigenvalue weighted by Crippen LogP contribution is 2.13. The highest BCUT2D eigenvalue weighted by atomic mass is 16.2. The largest absolute Gasteiger partial charge is 0.325 e. The fraction of sp³-hybridized carbons (Fsp3) is 0.429. The number of hydrogen-bond donors (Lipinski definition) is 2. The number of hydrogen-bond acceptors (Lipinski definition) is 3. The smallest absolute Gasteiger partial charge is 0.241 e. The minimum atomic E-state index is -0.531. The summed E-state index contributed by atoms with van der Waals surface area (Å²) in [5.74, 6) is -0.122. The number of ketones is 1. The lowest BCUT2D eigenvalue weighted by atomic mass is 9.99. The van der Waals surface area contributed by atoms with Gasteiger partial charge in [-0.25, -0.2) is 0 Å².